The first kappa shape index (κ1) is 32.3. The quantitative estimate of drug-likeness (QED) is 0.450. The van der Waals surface area contributed by atoms with Gasteiger partial charge in [-0.1, -0.05) is 0 Å². The van der Waals surface area contributed by atoms with Crippen LogP contribution >= 0.6 is 0 Å². The zero-order chi connectivity index (χ0) is 28.9. The van der Waals surface area contributed by atoms with Gasteiger partial charge in [0.05, 0.1) is 0 Å². The number of hydrogen-bond acceptors (Lipinski definition) is 7. The van der Waals surface area contributed by atoms with Gasteiger partial charge in [-0.05, 0) is 93.9 Å². The molecule has 220 valence electrons. The molecule has 0 radical (unpaired) electrons. The lowest BCUT2D eigenvalue weighted by molar-refractivity contribution is -0.125. The maximum Gasteiger partial charge on any atom is 0.410 e. The molecule has 2 aliphatic carbocycles. The molecule has 4 rings (SSSR count). The summed E-state index contributed by atoms with van der Waals surface area (Å²) < 4.78 is 10.7. The molecule has 4 aliphatic rings. The van der Waals surface area contributed by atoms with Crippen LogP contribution in [0.4, 0.5) is 9.59 Å². The molecule has 0 aromatic heterocycles. The second-order valence-electron chi connectivity index (χ2n) is 14.1. The van der Waals surface area contributed by atoms with Crippen LogP contribution in [0.5, 0.6) is 0 Å². The number of carbonyl (C=O) groups excluding carboxylic acids is 3. The summed E-state index contributed by atoms with van der Waals surface area (Å²) in [4.78, 5) is 38.3. The van der Waals surface area contributed by atoms with E-state index in [0.29, 0.717) is 30.1 Å². The highest BCUT2D eigenvalue weighted by atomic mass is 16.6. The Morgan fingerprint density at radius 3 is 1.45 bits per heavy atom. The van der Waals surface area contributed by atoms with E-state index < -0.39 is 11.2 Å². The summed E-state index contributed by atoms with van der Waals surface area (Å²) >= 11 is 0. The Morgan fingerprint density at radius 1 is 0.816 bits per heavy atom. The van der Waals surface area contributed by atoms with Crippen LogP contribution < -0.4 is 5.73 Å². The Morgan fingerprint density at radius 2 is 1.13 bits per heavy atom. The molecule has 2 saturated carbocycles. The number of rotatable bonds is 0. The largest absolute Gasteiger partial charge is 0.444 e. The van der Waals surface area contributed by atoms with E-state index in [0.717, 1.165) is 64.7 Å². The number of ketones is 1. The molecule has 38 heavy (non-hydrogen) atoms. The lowest BCUT2D eigenvalue weighted by Crippen LogP contribution is -2.60. The van der Waals surface area contributed by atoms with E-state index in [-0.39, 0.29) is 23.7 Å². The lowest BCUT2D eigenvalue weighted by Gasteiger charge is -2.52. The van der Waals surface area contributed by atoms with Crippen LogP contribution in [0, 0.1) is 10.8 Å². The molecule has 0 bridgehead atoms. The van der Waals surface area contributed by atoms with E-state index in [1.807, 2.05) is 46.4 Å². The standard InChI is InChI=1S/C13H24N2O2.C13H21NO3.C3H8O/c1-12(2,3)17-11(16)15-8-13(9-15)6-4-10(14)5-7-13;1-12(2,3)17-11(16)14-8-13(9-14)6-4-10(15)5-7-13;1-3(2)4/h10H,4-9,14H2,1-3H3;4-9H2,1-3H3;3-4H,1-2H3. The van der Waals surface area contributed by atoms with E-state index >= 15 is 0 Å². The van der Waals surface area contributed by atoms with Gasteiger partial charge in [0, 0.05) is 62.0 Å². The molecule has 0 aromatic carbocycles. The van der Waals surface area contributed by atoms with E-state index in [1.54, 1.807) is 18.7 Å². The molecule has 4 fully saturated rings. The number of carbonyl (C=O) groups is 3. The molecular weight excluding hydrogens is 486 g/mol. The first-order valence-electron chi connectivity index (χ1n) is 14.2. The minimum Gasteiger partial charge on any atom is -0.444 e. The predicted molar refractivity (Wildman–Crippen MR) is 148 cm³/mol. The van der Waals surface area contributed by atoms with Gasteiger partial charge >= 0.3 is 12.2 Å². The zero-order valence-corrected chi connectivity index (χ0v) is 25.1. The summed E-state index contributed by atoms with van der Waals surface area (Å²) in [6.07, 6.45) is 7.20. The van der Waals surface area contributed by atoms with Gasteiger partial charge in [0.25, 0.3) is 0 Å². The monoisotopic (exact) mass is 539 g/mol. The fourth-order valence-electron chi connectivity index (χ4n) is 5.38. The number of nitrogens with zero attached hydrogens (tertiary/aromatic N) is 2. The minimum absolute atomic E-state index is 0.167. The Labute approximate surface area is 229 Å². The molecule has 2 aliphatic heterocycles. The van der Waals surface area contributed by atoms with E-state index in [4.69, 9.17) is 20.3 Å². The van der Waals surface area contributed by atoms with Crippen molar-refractivity contribution in [3.05, 3.63) is 0 Å². The molecule has 0 atom stereocenters. The third-order valence-electron chi connectivity index (χ3n) is 7.37. The molecule has 9 heteroatoms. The van der Waals surface area contributed by atoms with E-state index in [2.05, 4.69) is 0 Å². The number of nitrogens with two attached hydrogens (primary N) is 1. The summed E-state index contributed by atoms with van der Waals surface area (Å²) in [5, 5.41) is 8.06. The van der Waals surface area contributed by atoms with Crippen molar-refractivity contribution in [3.8, 4) is 0 Å². The van der Waals surface area contributed by atoms with Gasteiger partial charge in [0.1, 0.15) is 17.0 Å². The van der Waals surface area contributed by atoms with E-state index in [9.17, 15) is 14.4 Å². The fraction of sp³-hybridized carbons (Fsp3) is 0.897. The van der Waals surface area contributed by atoms with Gasteiger partial charge in [0.15, 0.2) is 0 Å². The third-order valence-corrected chi connectivity index (χ3v) is 7.37. The molecule has 2 heterocycles. The Bertz CT molecular complexity index is 792. The highest BCUT2D eigenvalue weighted by Crippen LogP contribution is 2.44. The highest BCUT2D eigenvalue weighted by Gasteiger charge is 2.48. The molecule has 2 saturated heterocycles. The SMILES string of the molecule is CC(C)(C)OC(=O)N1CC2(CCC(=O)CC2)C1.CC(C)(C)OC(=O)N1CC2(CCC(N)CC2)C1.CC(C)O. The number of aliphatic hydroxyl groups is 1. The van der Waals surface area contributed by atoms with Crippen LogP contribution in [0.3, 0.4) is 0 Å². The Kier molecular flexibility index (Phi) is 10.7. The first-order valence-corrected chi connectivity index (χ1v) is 14.2. The van der Waals surface area contributed by atoms with Gasteiger partial charge in [-0.15, -0.1) is 0 Å². The molecular formula is C29H53N3O6. The van der Waals surface area contributed by atoms with Crippen molar-refractivity contribution in [1.29, 1.82) is 0 Å². The van der Waals surface area contributed by atoms with Crippen molar-refractivity contribution in [2.75, 3.05) is 26.2 Å². The molecule has 2 spiro atoms. The smallest absolute Gasteiger partial charge is 0.410 e. The van der Waals surface area contributed by atoms with Crippen molar-refractivity contribution in [3.63, 3.8) is 0 Å². The zero-order valence-electron chi connectivity index (χ0n) is 25.1. The number of ether oxygens (including phenoxy) is 2. The topological polar surface area (TPSA) is 122 Å². The van der Waals surface area contributed by atoms with Crippen molar-refractivity contribution in [2.24, 2.45) is 16.6 Å². The highest BCUT2D eigenvalue weighted by molar-refractivity contribution is 5.79. The summed E-state index contributed by atoms with van der Waals surface area (Å²) in [5.74, 6) is 0.367. The van der Waals surface area contributed by atoms with Crippen LogP contribution in [0.15, 0.2) is 0 Å². The van der Waals surface area contributed by atoms with Crippen molar-refractivity contribution in [1.82, 2.24) is 9.80 Å². The number of hydrogen-bond donors (Lipinski definition) is 2. The normalized spacial score (nSPS) is 22.4. The van der Waals surface area contributed by atoms with E-state index in [1.165, 1.54) is 0 Å². The Hall–Kier alpha value is -1.87. The van der Waals surface area contributed by atoms with Gasteiger partial charge in [-0.25, -0.2) is 9.59 Å². The van der Waals surface area contributed by atoms with Crippen LogP contribution in [0.1, 0.15) is 107 Å². The third kappa shape index (κ3) is 10.4. The maximum atomic E-state index is 11.8. The second kappa shape index (κ2) is 12.5. The summed E-state index contributed by atoms with van der Waals surface area (Å²) in [5.41, 5.74) is 5.65. The van der Waals surface area contributed by atoms with Gasteiger partial charge in [0.2, 0.25) is 0 Å². The number of likely N-dealkylation sites (tertiary alicyclic amines) is 2. The average Bonchev–Trinajstić information content (AvgIpc) is 2.69. The molecule has 0 aromatic rings. The van der Waals surface area contributed by atoms with Crippen LogP contribution in [0.25, 0.3) is 0 Å². The van der Waals surface area contributed by atoms with Crippen LogP contribution in [-0.4, -0.2) is 82.4 Å². The summed E-state index contributed by atoms with van der Waals surface area (Å²) in [7, 11) is 0. The van der Waals surface area contributed by atoms with Gasteiger partial charge in [-0.2, -0.15) is 0 Å². The van der Waals surface area contributed by atoms with Gasteiger partial charge in [-0.3, -0.25) is 4.79 Å². The predicted octanol–water partition coefficient (Wildman–Crippen LogP) is 4.88. The summed E-state index contributed by atoms with van der Waals surface area (Å²) in [6, 6.07) is 0.371. The fourth-order valence-corrected chi connectivity index (χ4v) is 5.38. The van der Waals surface area contributed by atoms with Crippen LogP contribution in [0.2, 0.25) is 0 Å². The van der Waals surface area contributed by atoms with Gasteiger partial charge < -0.3 is 30.1 Å². The second-order valence-corrected chi connectivity index (χ2v) is 14.1. The van der Waals surface area contributed by atoms with Crippen molar-refractivity contribution in [2.45, 2.75) is 130 Å². The first-order chi connectivity index (χ1) is 17.3. The van der Waals surface area contributed by atoms with Crippen LogP contribution in [-0.2, 0) is 14.3 Å². The number of aliphatic hydroxyl groups excluding tert-OH is 1. The Balaban J connectivity index is 0.000000234. The lowest BCUT2D eigenvalue weighted by atomic mass is 9.68. The molecule has 0 unspecified atom stereocenters. The molecule has 3 N–H and O–H groups in total. The number of Topliss-reactive ketones (excluding diaryl/α,β-unsaturated/α-hetero) is 1. The average molecular weight is 540 g/mol. The summed E-state index contributed by atoms with van der Waals surface area (Å²) in [6.45, 7) is 18.0. The maximum absolute atomic E-state index is 11.8. The minimum atomic E-state index is -0.428. The number of amides is 2. The molecule has 2 amide bonds. The van der Waals surface area contributed by atoms with Crippen molar-refractivity contribution >= 4 is 18.0 Å². The van der Waals surface area contributed by atoms with Crippen molar-refractivity contribution < 1.29 is 29.0 Å². The molecule has 9 nitrogen and oxygen atoms in total.